The molecular weight excluding hydrogens is 322 g/mol. The minimum Gasteiger partial charge on any atom is -0.392 e. The van der Waals surface area contributed by atoms with Crippen molar-refractivity contribution in [3.05, 3.63) is 50.4 Å². The number of aryl methyl sites for hydroxylation is 1. The Kier molecular flexibility index (Phi) is 4.01. The van der Waals surface area contributed by atoms with Crippen LogP contribution in [0.4, 0.5) is 0 Å². The van der Waals surface area contributed by atoms with Gasteiger partial charge >= 0.3 is 0 Å². The van der Waals surface area contributed by atoms with E-state index in [1.54, 1.807) is 6.20 Å². The topological polar surface area (TPSA) is 33.1 Å². The molecule has 2 atom stereocenters. The normalized spacial score (nSPS) is 20.0. The third kappa shape index (κ3) is 2.91. The lowest BCUT2D eigenvalue weighted by Gasteiger charge is -2.27. The summed E-state index contributed by atoms with van der Waals surface area (Å²) in [4.78, 5) is 5.62. The van der Waals surface area contributed by atoms with E-state index in [0.29, 0.717) is 6.42 Å². The predicted octanol–water partition coefficient (Wildman–Crippen LogP) is 3.93. The maximum absolute atomic E-state index is 10.5. The lowest BCUT2D eigenvalue weighted by molar-refractivity contribution is 0.135. The number of aromatic nitrogens is 1. The van der Waals surface area contributed by atoms with Gasteiger partial charge in [0, 0.05) is 34.1 Å². The van der Waals surface area contributed by atoms with E-state index in [1.165, 1.54) is 23.3 Å². The second-order valence-corrected chi connectivity index (χ2v) is 7.00. The predicted molar refractivity (Wildman–Crippen MR) is 81.6 cm³/mol. The molecule has 1 aliphatic carbocycles. The minimum absolute atomic E-state index is 0.286. The van der Waals surface area contributed by atoms with Crippen molar-refractivity contribution < 1.29 is 5.11 Å². The Morgan fingerprint density at radius 1 is 1.47 bits per heavy atom. The molecule has 0 saturated heterocycles. The summed E-state index contributed by atoms with van der Waals surface area (Å²) in [5.74, 6) is 0.286. The zero-order chi connectivity index (χ0) is 13.2. The summed E-state index contributed by atoms with van der Waals surface area (Å²) in [6, 6.07) is 4.22. The molecule has 2 aromatic rings. The van der Waals surface area contributed by atoms with Gasteiger partial charge in [-0.1, -0.05) is 0 Å². The molecule has 100 valence electrons. The van der Waals surface area contributed by atoms with Gasteiger partial charge in [-0.2, -0.15) is 0 Å². The Labute approximate surface area is 125 Å². The molecule has 1 aliphatic rings. The second-order valence-electron chi connectivity index (χ2n) is 5.08. The van der Waals surface area contributed by atoms with Crippen LogP contribution in [0.3, 0.4) is 0 Å². The van der Waals surface area contributed by atoms with E-state index in [0.717, 1.165) is 16.5 Å². The summed E-state index contributed by atoms with van der Waals surface area (Å²) in [6.07, 6.45) is 7.42. The lowest BCUT2D eigenvalue weighted by atomic mass is 9.82. The van der Waals surface area contributed by atoms with Crippen molar-refractivity contribution in [3.8, 4) is 0 Å². The molecule has 0 fully saturated rings. The fraction of sp³-hybridized carbons (Fsp3) is 0.400. The number of halogens is 1. The molecule has 0 aromatic carbocycles. The first-order chi connectivity index (χ1) is 9.24. The standard InChI is InChI=1S/C15H16BrNOS/c16-11-6-10(8-17-9-11)7-14(18)12-2-1-3-15-13(12)4-5-19-15/h4-6,8-9,12,14,18H,1-3,7H2. The van der Waals surface area contributed by atoms with Crippen molar-refractivity contribution in [2.45, 2.75) is 37.7 Å². The Morgan fingerprint density at radius 2 is 2.37 bits per heavy atom. The number of rotatable bonds is 3. The molecule has 2 heterocycles. The summed E-state index contributed by atoms with van der Waals surface area (Å²) >= 11 is 5.25. The van der Waals surface area contributed by atoms with Crippen molar-refractivity contribution >= 4 is 27.3 Å². The molecule has 0 amide bonds. The van der Waals surface area contributed by atoms with Crippen LogP contribution in [0.2, 0.25) is 0 Å². The highest BCUT2D eigenvalue weighted by Crippen LogP contribution is 2.37. The first kappa shape index (κ1) is 13.3. The third-order valence-electron chi connectivity index (χ3n) is 3.77. The van der Waals surface area contributed by atoms with Crippen molar-refractivity contribution in [2.24, 2.45) is 0 Å². The molecule has 0 spiro atoms. The van der Waals surface area contributed by atoms with Crippen molar-refractivity contribution in [3.63, 3.8) is 0 Å². The minimum atomic E-state index is -0.315. The van der Waals surface area contributed by atoms with Gasteiger partial charge in [-0.05, 0) is 63.8 Å². The molecule has 0 bridgehead atoms. The highest BCUT2D eigenvalue weighted by Gasteiger charge is 2.27. The Morgan fingerprint density at radius 3 is 3.21 bits per heavy atom. The van der Waals surface area contributed by atoms with Crippen LogP contribution >= 0.6 is 27.3 Å². The van der Waals surface area contributed by atoms with Gasteiger partial charge in [-0.3, -0.25) is 4.98 Å². The summed E-state index contributed by atoms with van der Waals surface area (Å²) in [6.45, 7) is 0. The van der Waals surface area contributed by atoms with Gasteiger partial charge in [-0.25, -0.2) is 0 Å². The molecular formula is C15H16BrNOS. The number of thiophene rings is 1. The van der Waals surface area contributed by atoms with E-state index in [9.17, 15) is 5.11 Å². The van der Waals surface area contributed by atoms with Crippen molar-refractivity contribution in [1.82, 2.24) is 4.98 Å². The quantitative estimate of drug-likeness (QED) is 0.920. The molecule has 19 heavy (non-hydrogen) atoms. The average molecular weight is 338 g/mol. The number of hydrogen-bond acceptors (Lipinski definition) is 3. The zero-order valence-electron chi connectivity index (χ0n) is 10.6. The number of aliphatic hydroxyl groups excluding tert-OH is 1. The summed E-state index contributed by atoms with van der Waals surface area (Å²) in [5, 5.41) is 12.7. The molecule has 0 saturated carbocycles. The van der Waals surface area contributed by atoms with Gasteiger partial charge in [0.05, 0.1) is 6.10 Å². The van der Waals surface area contributed by atoms with Crippen LogP contribution in [0.15, 0.2) is 34.4 Å². The van der Waals surface area contributed by atoms with Crippen LogP contribution in [-0.2, 0) is 12.8 Å². The molecule has 1 N–H and O–H groups in total. The van der Waals surface area contributed by atoms with Crippen LogP contribution in [0.5, 0.6) is 0 Å². The number of aliphatic hydroxyl groups is 1. The highest BCUT2D eigenvalue weighted by molar-refractivity contribution is 9.10. The summed E-state index contributed by atoms with van der Waals surface area (Å²) in [7, 11) is 0. The third-order valence-corrected chi connectivity index (χ3v) is 5.20. The van der Waals surface area contributed by atoms with Crippen LogP contribution in [0.25, 0.3) is 0 Å². The van der Waals surface area contributed by atoms with E-state index in [-0.39, 0.29) is 12.0 Å². The van der Waals surface area contributed by atoms with Gasteiger partial charge in [0.2, 0.25) is 0 Å². The van der Waals surface area contributed by atoms with Gasteiger partial charge < -0.3 is 5.11 Å². The van der Waals surface area contributed by atoms with E-state index in [4.69, 9.17) is 0 Å². The van der Waals surface area contributed by atoms with Crippen LogP contribution in [-0.4, -0.2) is 16.2 Å². The SMILES string of the molecule is OC(Cc1cncc(Br)c1)C1CCCc2sccc21. The molecule has 2 unspecified atom stereocenters. The number of fused-ring (bicyclic) bond motifs is 1. The maximum atomic E-state index is 10.5. The number of pyridine rings is 1. The highest BCUT2D eigenvalue weighted by atomic mass is 79.9. The Hall–Kier alpha value is -0.710. The van der Waals surface area contributed by atoms with Gasteiger partial charge in [0.1, 0.15) is 0 Å². The molecule has 4 heteroatoms. The van der Waals surface area contributed by atoms with E-state index in [2.05, 4.69) is 32.4 Å². The van der Waals surface area contributed by atoms with Gasteiger partial charge in [0.15, 0.2) is 0 Å². The van der Waals surface area contributed by atoms with E-state index in [1.807, 2.05) is 23.6 Å². The summed E-state index contributed by atoms with van der Waals surface area (Å²) < 4.78 is 0.970. The van der Waals surface area contributed by atoms with Gasteiger partial charge in [0.25, 0.3) is 0 Å². The molecule has 2 nitrogen and oxygen atoms in total. The first-order valence-corrected chi connectivity index (χ1v) is 8.25. The number of hydrogen-bond donors (Lipinski definition) is 1. The molecule has 2 aromatic heterocycles. The van der Waals surface area contributed by atoms with Crippen LogP contribution in [0.1, 0.15) is 34.8 Å². The van der Waals surface area contributed by atoms with Crippen LogP contribution < -0.4 is 0 Å². The van der Waals surface area contributed by atoms with Gasteiger partial charge in [-0.15, -0.1) is 11.3 Å². The Bertz CT molecular complexity index is 569. The van der Waals surface area contributed by atoms with Crippen molar-refractivity contribution in [2.75, 3.05) is 0 Å². The van der Waals surface area contributed by atoms with Crippen molar-refractivity contribution in [1.29, 1.82) is 0 Å². The molecule has 0 aliphatic heterocycles. The molecule has 3 rings (SSSR count). The first-order valence-electron chi connectivity index (χ1n) is 6.58. The zero-order valence-corrected chi connectivity index (χ0v) is 13.0. The second kappa shape index (κ2) is 5.73. The fourth-order valence-corrected chi connectivity index (χ4v) is 4.28. The van der Waals surface area contributed by atoms with Crippen LogP contribution in [0, 0.1) is 0 Å². The molecule has 0 radical (unpaired) electrons. The smallest absolute Gasteiger partial charge is 0.0649 e. The van der Waals surface area contributed by atoms with E-state index >= 15 is 0 Å². The monoisotopic (exact) mass is 337 g/mol. The fourth-order valence-electron chi connectivity index (χ4n) is 2.87. The van der Waals surface area contributed by atoms with E-state index < -0.39 is 0 Å². The largest absolute Gasteiger partial charge is 0.392 e. The lowest BCUT2D eigenvalue weighted by Crippen LogP contribution is -2.24. The maximum Gasteiger partial charge on any atom is 0.0649 e. The summed E-state index contributed by atoms with van der Waals surface area (Å²) in [5.41, 5.74) is 2.45. The average Bonchev–Trinajstić information content (AvgIpc) is 2.86. The Balaban J connectivity index is 1.77. The number of nitrogens with zero attached hydrogens (tertiary/aromatic N) is 1.